The van der Waals surface area contributed by atoms with E-state index in [0.29, 0.717) is 22.4 Å². The molecule has 1 amide bonds. The van der Waals surface area contributed by atoms with Crippen molar-refractivity contribution in [3.8, 4) is 11.5 Å². The van der Waals surface area contributed by atoms with E-state index in [1.165, 1.54) is 11.8 Å². The van der Waals surface area contributed by atoms with E-state index in [9.17, 15) is 4.79 Å². The van der Waals surface area contributed by atoms with Crippen LogP contribution in [0.1, 0.15) is 26.7 Å². The summed E-state index contributed by atoms with van der Waals surface area (Å²) in [7, 11) is 0. The third-order valence-corrected chi connectivity index (χ3v) is 5.36. The van der Waals surface area contributed by atoms with Crippen molar-refractivity contribution in [3.05, 3.63) is 41.5 Å². The first-order chi connectivity index (χ1) is 13.5. The van der Waals surface area contributed by atoms with Crippen molar-refractivity contribution in [2.24, 2.45) is 0 Å². The Kier molecular flexibility index (Phi) is 6.69. The molecule has 0 unspecified atom stereocenters. The predicted molar refractivity (Wildman–Crippen MR) is 107 cm³/mol. The quantitative estimate of drug-likeness (QED) is 0.515. The fourth-order valence-corrected chi connectivity index (χ4v) is 3.63. The number of halogens is 1. The molecule has 3 aromatic rings. The zero-order valence-electron chi connectivity index (χ0n) is 15.9. The van der Waals surface area contributed by atoms with Crippen molar-refractivity contribution in [1.29, 1.82) is 0 Å². The average molecular weight is 421 g/mol. The number of hydrogen-bond donors (Lipinski definition) is 0. The van der Waals surface area contributed by atoms with Crippen LogP contribution in [0.4, 0.5) is 0 Å². The van der Waals surface area contributed by atoms with E-state index in [-0.39, 0.29) is 24.2 Å². The molecule has 2 aromatic heterocycles. The summed E-state index contributed by atoms with van der Waals surface area (Å²) < 4.78 is 7.63. The lowest BCUT2D eigenvalue weighted by Crippen LogP contribution is -2.37. The highest BCUT2D eigenvalue weighted by Gasteiger charge is 2.22. The van der Waals surface area contributed by atoms with Gasteiger partial charge in [0, 0.05) is 12.6 Å². The smallest absolute Gasteiger partial charge is 0.249 e. The molecule has 148 valence electrons. The fraction of sp³-hybridized carbons (Fsp3) is 0.389. The highest BCUT2D eigenvalue weighted by molar-refractivity contribution is 7.99. The van der Waals surface area contributed by atoms with E-state index < -0.39 is 0 Å². The normalized spacial score (nSPS) is 11.2. The Morgan fingerprint density at radius 1 is 1.29 bits per heavy atom. The Bertz CT molecular complexity index is 942. The predicted octanol–water partition coefficient (Wildman–Crippen LogP) is 3.53. The summed E-state index contributed by atoms with van der Waals surface area (Å²) >= 11 is 7.54. The third kappa shape index (κ3) is 4.71. The van der Waals surface area contributed by atoms with Crippen LogP contribution >= 0.6 is 23.4 Å². The Hall–Kier alpha value is -2.39. The summed E-state index contributed by atoms with van der Waals surface area (Å²) in [6.07, 6.45) is 1.65. The lowest BCUT2D eigenvalue weighted by molar-refractivity contribution is -0.131. The number of benzene rings is 1. The molecule has 3 rings (SSSR count). The van der Waals surface area contributed by atoms with Gasteiger partial charge >= 0.3 is 0 Å². The van der Waals surface area contributed by atoms with E-state index in [0.717, 1.165) is 11.7 Å². The lowest BCUT2D eigenvalue weighted by atomic mass is 10.2. The molecular formula is C18H21ClN6O2S. The molecule has 0 saturated carbocycles. The van der Waals surface area contributed by atoms with Crippen molar-refractivity contribution in [2.75, 3.05) is 5.75 Å². The van der Waals surface area contributed by atoms with E-state index in [1.54, 1.807) is 17.3 Å². The van der Waals surface area contributed by atoms with Crippen molar-refractivity contribution in [1.82, 2.24) is 29.9 Å². The number of nitrogens with zero attached hydrogens (tertiary/aromatic N) is 6. The van der Waals surface area contributed by atoms with Gasteiger partial charge < -0.3 is 13.9 Å². The molecule has 10 heteroatoms. The molecule has 28 heavy (non-hydrogen) atoms. The van der Waals surface area contributed by atoms with Gasteiger partial charge in [-0.1, -0.05) is 35.5 Å². The van der Waals surface area contributed by atoms with Gasteiger partial charge in [-0.15, -0.1) is 20.4 Å². The molecular weight excluding hydrogens is 400 g/mol. The van der Waals surface area contributed by atoms with Crippen molar-refractivity contribution >= 4 is 29.3 Å². The number of carbonyl (C=O) groups excluding carboxylic acids is 1. The van der Waals surface area contributed by atoms with Gasteiger partial charge in [0.1, 0.15) is 6.33 Å². The maximum atomic E-state index is 12.8. The minimum atomic E-state index is -0.0388. The summed E-state index contributed by atoms with van der Waals surface area (Å²) in [4.78, 5) is 14.4. The standard InChI is InChI=1S/C18H21ClN6O2S/c1-4-24-11-20-23-18(24)28-10-16(26)25(12(2)3)9-15-21-22-17(27-15)13-7-5-6-8-14(13)19/h5-8,11-12H,4,9-10H2,1-3H3. The number of aromatic nitrogens is 5. The Labute approximate surface area is 172 Å². The van der Waals surface area contributed by atoms with Gasteiger partial charge in [-0.05, 0) is 32.9 Å². The van der Waals surface area contributed by atoms with Crippen LogP contribution in [0.25, 0.3) is 11.5 Å². The van der Waals surface area contributed by atoms with Gasteiger partial charge in [-0.2, -0.15) is 0 Å². The summed E-state index contributed by atoms with van der Waals surface area (Å²) in [5.74, 6) is 0.909. The monoisotopic (exact) mass is 420 g/mol. The van der Waals surface area contributed by atoms with Gasteiger partial charge in [-0.25, -0.2) is 0 Å². The molecule has 0 spiro atoms. The Balaban J connectivity index is 1.68. The van der Waals surface area contributed by atoms with Crippen LogP contribution < -0.4 is 0 Å². The van der Waals surface area contributed by atoms with Crippen molar-refractivity contribution in [2.45, 2.75) is 45.1 Å². The first-order valence-corrected chi connectivity index (χ1v) is 10.2. The molecule has 0 aliphatic carbocycles. The van der Waals surface area contributed by atoms with Crippen molar-refractivity contribution in [3.63, 3.8) is 0 Å². The number of thioether (sulfide) groups is 1. The van der Waals surface area contributed by atoms with Crippen LogP contribution in [0.5, 0.6) is 0 Å². The minimum Gasteiger partial charge on any atom is -0.419 e. The van der Waals surface area contributed by atoms with Crippen molar-refractivity contribution < 1.29 is 9.21 Å². The molecule has 8 nitrogen and oxygen atoms in total. The van der Waals surface area contributed by atoms with Crippen LogP contribution in [-0.2, 0) is 17.9 Å². The second-order valence-electron chi connectivity index (χ2n) is 6.28. The summed E-state index contributed by atoms with van der Waals surface area (Å²) in [5, 5.41) is 17.3. The van der Waals surface area contributed by atoms with E-state index >= 15 is 0 Å². The number of amides is 1. The zero-order chi connectivity index (χ0) is 20.1. The van der Waals surface area contributed by atoms with Gasteiger partial charge in [0.25, 0.3) is 0 Å². The largest absolute Gasteiger partial charge is 0.419 e. The molecule has 0 saturated heterocycles. The van der Waals surface area contributed by atoms with Gasteiger partial charge in [-0.3, -0.25) is 4.79 Å². The second-order valence-corrected chi connectivity index (χ2v) is 7.63. The van der Waals surface area contributed by atoms with E-state index in [2.05, 4.69) is 20.4 Å². The first kappa shape index (κ1) is 20.3. The second kappa shape index (κ2) is 9.20. The molecule has 2 heterocycles. The number of carbonyl (C=O) groups is 1. The van der Waals surface area contributed by atoms with E-state index in [4.69, 9.17) is 16.0 Å². The number of rotatable bonds is 8. The molecule has 0 bridgehead atoms. The number of aryl methyl sites for hydroxylation is 1. The summed E-state index contributed by atoms with van der Waals surface area (Å²) in [6, 6.07) is 7.23. The zero-order valence-corrected chi connectivity index (χ0v) is 17.4. The summed E-state index contributed by atoms with van der Waals surface area (Å²) in [5.41, 5.74) is 0.666. The molecule has 0 radical (unpaired) electrons. The molecule has 0 atom stereocenters. The highest BCUT2D eigenvalue weighted by Crippen LogP contribution is 2.26. The Morgan fingerprint density at radius 3 is 2.79 bits per heavy atom. The van der Waals surface area contributed by atoms with Gasteiger partial charge in [0.05, 0.1) is 22.9 Å². The average Bonchev–Trinajstić information content (AvgIpc) is 3.33. The third-order valence-electron chi connectivity index (χ3n) is 4.07. The number of hydrogen-bond acceptors (Lipinski definition) is 7. The van der Waals surface area contributed by atoms with Crippen LogP contribution in [0.15, 0.2) is 40.2 Å². The molecule has 0 fully saturated rings. The van der Waals surface area contributed by atoms with Gasteiger partial charge in [0.2, 0.25) is 17.7 Å². The Morgan fingerprint density at radius 2 is 2.07 bits per heavy atom. The molecule has 0 N–H and O–H groups in total. The lowest BCUT2D eigenvalue weighted by Gasteiger charge is -2.25. The molecule has 0 aliphatic heterocycles. The SMILES string of the molecule is CCn1cnnc1SCC(=O)N(Cc1nnc(-c2ccccc2Cl)o1)C(C)C. The first-order valence-electron chi connectivity index (χ1n) is 8.87. The summed E-state index contributed by atoms with van der Waals surface area (Å²) in [6.45, 7) is 6.88. The maximum Gasteiger partial charge on any atom is 0.249 e. The van der Waals surface area contributed by atoms with Crippen LogP contribution in [0.3, 0.4) is 0 Å². The fourth-order valence-electron chi connectivity index (χ4n) is 2.55. The van der Waals surface area contributed by atoms with Crippen LogP contribution in [-0.4, -0.2) is 47.6 Å². The van der Waals surface area contributed by atoms with Gasteiger partial charge in [0.15, 0.2) is 5.16 Å². The topological polar surface area (TPSA) is 89.9 Å². The van der Waals surface area contributed by atoms with Crippen LogP contribution in [0.2, 0.25) is 5.02 Å². The minimum absolute atomic E-state index is 0.0205. The maximum absolute atomic E-state index is 12.8. The molecule has 0 aliphatic rings. The molecule has 1 aromatic carbocycles. The van der Waals surface area contributed by atoms with Crippen LogP contribution in [0, 0.1) is 0 Å². The highest BCUT2D eigenvalue weighted by atomic mass is 35.5. The van der Waals surface area contributed by atoms with E-state index in [1.807, 2.05) is 43.5 Å².